The molecule has 5 heterocycles. The Hall–Kier alpha value is -3.39. The van der Waals surface area contributed by atoms with E-state index >= 15 is 0 Å². The van der Waals surface area contributed by atoms with Crippen LogP contribution in [0.4, 0.5) is 0 Å². The van der Waals surface area contributed by atoms with Gasteiger partial charge >= 0.3 is 0 Å². The second kappa shape index (κ2) is 8.81. The Kier molecular flexibility index (Phi) is 5.57. The number of benzene rings is 2. The van der Waals surface area contributed by atoms with Crippen LogP contribution in [0, 0.1) is 0 Å². The first-order valence-electron chi connectivity index (χ1n) is 14.2. The number of carbonyl (C=O) groups excluding carboxylic acids is 3. The molecule has 8 nitrogen and oxygen atoms in total. The first kappa shape index (κ1) is 24.6. The summed E-state index contributed by atoms with van der Waals surface area (Å²) in [5, 5.41) is 2.38. The Morgan fingerprint density at radius 3 is 2.62 bits per heavy atom. The van der Waals surface area contributed by atoms with E-state index in [4.69, 9.17) is 9.47 Å². The molecule has 0 radical (unpaired) electrons. The van der Waals surface area contributed by atoms with Crippen molar-refractivity contribution in [2.45, 2.75) is 82.5 Å². The van der Waals surface area contributed by atoms with Gasteiger partial charge in [-0.05, 0) is 70.7 Å². The average molecular weight is 530 g/mol. The Balaban J connectivity index is 1.07. The van der Waals surface area contributed by atoms with E-state index in [9.17, 15) is 14.4 Å². The molecule has 0 aliphatic carbocycles. The molecule has 2 saturated heterocycles. The lowest BCUT2D eigenvalue weighted by Gasteiger charge is -2.39. The molecular formula is C31H35N3O5. The third-order valence-corrected chi connectivity index (χ3v) is 9.49. The number of carbonyl (C=O) groups is 3. The van der Waals surface area contributed by atoms with Crippen molar-refractivity contribution in [1.29, 1.82) is 0 Å². The third kappa shape index (κ3) is 4.03. The average Bonchev–Trinajstić information content (AvgIpc) is 3.43. The van der Waals surface area contributed by atoms with Crippen molar-refractivity contribution in [3.8, 4) is 11.5 Å². The van der Waals surface area contributed by atoms with Gasteiger partial charge in [-0.15, -0.1) is 0 Å². The van der Waals surface area contributed by atoms with Crippen LogP contribution < -0.4 is 14.8 Å². The van der Waals surface area contributed by atoms with Gasteiger partial charge in [0, 0.05) is 40.6 Å². The molecule has 2 fully saturated rings. The molecule has 0 saturated carbocycles. The lowest BCUT2D eigenvalue weighted by molar-refractivity contribution is -0.136. The number of likely N-dealkylation sites (tertiary alicyclic amines) is 1. The molecule has 7 rings (SSSR count). The highest BCUT2D eigenvalue weighted by Gasteiger charge is 2.47. The molecule has 0 aromatic heterocycles. The van der Waals surface area contributed by atoms with Gasteiger partial charge in [0.05, 0.1) is 13.2 Å². The Bertz CT molecular complexity index is 1390. The second-order valence-electron chi connectivity index (χ2n) is 12.5. The van der Waals surface area contributed by atoms with E-state index in [-0.39, 0.29) is 35.2 Å². The normalized spacial score (nSPS) is 25.0. The highest BCUT2D eigenvalue weighted by atomic mass is 16.5. The van der Waals surface area contributed by atoms with Crippen LogP contribution in [0.3, 0.4) is 0 Å². The largest absolute Gasteiger partial charge is 0.492 e. The van der Waals surface area contributed by atoms with Crippen LogP contribution in [-0.4, -0.2) is 58.9 Å². The fourth-order valence-electron chi connectivity index (χ4n) is 7.13. The number of hydrogen-bond acceptors (Lipinski definition) is 6. The van der Waals surface area contributed by atoms with E-state index < -0.39 is 6.04 Å². The fourth-order valence-corrected chi connectivity index (χ4v) is 7.13. The number of para-hydroxylation sites is 1. The maximum Gasteiger partial charge on any atom is 0.255 e. The lowest BCUT2D eigenvalue weighted by atomic mass is 9.74. The molecule has 2 aromatic carbocycles. The first-order chi connectivity index (χ1) is 18.7. The lowest BCUT2D eigenvalue weighted by Crippen LogP contribution is -2.52. The monoisotopic (exact) mass is 529 g/mol. The number of hydrogen-bond donors (Lipinski definition) is 1. The van der Waals surface area contributed by atoms with E-state index in [1.54, 1.807) is 4.90 Å². The molecular weight excluding hydrogens is 494 g/mol. The molecule has 1 unspecified atom stereocenters. The van der Waals surface area contributed by atoms with Crippen LogP contribution in [-0.2, 0) is 34.5 Å². The molecule has 1 spiro atoms. The number of ether oxygens (including phenoxy) is 2. The van der Waals surface area contributed by atoms with E-state index in [1.165, 1.54) is 16.7 Å². The van der Waals surface area contributed by atoms with Crippen molar-refractivity contribution in [3.05, 3.63) is 58.1 Å². The summed E-state index contributed by atoms with van der Waals surface area (Å²) < 4.78 is 12.8. The van der Waals surface area contributed by atoms with Crippen LogP contribution in [0.2, 0.25) is 0 Å². The Morgan fingerprint density at radius 2 is 1.82 bits per heavy atom. The number of amides is 3. The summed E-state index contributed by atoms with van der Waals surface area (Å²) in [5.74, 6) is 1.09. The SMILES string of the molecule is CC1(C)CCc2cccc(CN3CCC4(CC3)COc3c4ccc4c3CN(C3CCC(=O)NC3=O)C4=O)c2O1. The summed E-state index contributed by atoms with van der Waals surface area (Å²) in [7, 11) is 0. The van der Waals surface area contributed by atoms with Gasteiger partial charge in [0.1, 0.15) is 23.1 Å². The number of piperidine rings is 2. The van der Waals surface area contributed by atoms with Crippen molar-refractivity contribution in [2.75, 3.05) is 19.7 Å². The number of rotatable bonds is 3. The summed E-state index contributed by atoms with van der Waals surface area (Å²) >= 11 is 0. The van der Waals surface area contributed by atoms with Gasteiger partial charge in [-0.2, -0.15) is 0 Å². The number of nitrogens with zero attached hydrogens (tertiary/aromatic N) is 2. The highest BCUT2D eigenvalue weighted by molar-refractivity contribution is 6.05. The molecule has 2 aromatic rings. The van der Waals surface area contributed by atoms with Gasteiger partial charge in [-0.25, -0.2) is 0 Å². The molecule has 204 valence electrons. The predicted octanol–water partition coefficient (Wildman–Crippen LogP) is 3.48. The standard InChI is InChI=1S/C31H35N3O5/c1-30(2)11-10-19-4-3-5-20(26(19)39-30)16-33-14-12-31(13-15-33)18-38-27-22-17-34(24-8-9-25(35)32-28(24)36)29(37)21(22)6-7-23(27)31/h3-7,24H,8-18H2,1-2H3,(H,32,35,36). The highest BCUT2D eigenvalue weighted by Crippen LogP contribution is 2.50. The molecule has 0 bridgehead atoms. The van der Waals surface area contributed by atoms with Crippen molar-refractivity contribution in [3.63, 3.8) is 0 Å². The Morgan fingerprint density at radius 1 is 1.00 bits per heavy atom. The predicted molar refractivity (Wildman–Crippen MR) is 144 cm³/mol. The molecule has 5 aliphatic heterocycles. The number of aryl methyl sites for hydroxylation is 1. The summed E-state index contributed by atoms with van der Waals surface area (Å²) in [4.78, 5) is 41.4. The van der Waals surface area contributed by atoms with Crippen LogP contribution in [0.5, 0.6) is 11.5 Å². The summed E-state index contributed by atoms with van der Waals surface area (Å²) in [6.45, 7) is 8.12. The molecule has 1 N–H and O–H groups in total. The Labute approximate surface area is 228 Å². The van der Waals surface area contributed by atoms with Gasteiger partial charge in [0.2, 0.25) is 11.8 Å². The van der Waals surface area contributed by atoms with E-state index in [0.29, 0.717) is 25.1 Å². The maximum atomic E-state index is 13.2. The van der Waals surface area contributed by atoms with Gasteiger partial charge in [-0.1, -0.05) is 24.3 Å². The van der Waals surface area contributed by atoms with Crippen molar-refractivity contribution < 1.29 is 23.9 Å². The minimum absolute atomic E-state index is 0.0550. The summed E-state index contributed by atoms with van der Waals surface area (Å²) in [6, 6.07) is 9.92. The second-order valence-corrected chi connectivity index (χ2v) is 12.5. The smallest absolute Gasteiger partial charge is 0.255 e. The van der Waals surface area contributed by atoms with Crippen LogP contribution in [0.15, 0.2) is 30.3 Å². The quantitative estimate of drug-likeness (QED) is 0.613. The third-order valence-electron chi connectivity index (χ3n) is 9.49. The van der Waals surface area contributed by atoms with Crippen LogP contribution >= 0.6 is 0 Å². The fraction of sp³-hybridized carbons (Fsp3) is 0.516. The zero-order valence-corrected chi connectivity index (χ0v) is 22.7. The van der Waals surface area contributed by atoms with Crippen molar-refractivity contribution in [1.82, 2.24) is 15.1 Å². The van der Waals surface area contributed by atoms with Crippen LogP contribution in [0.25, 0.3) is 0 Å². The minimum atomic E-state index is -0.616. The van der Waals surface area contributed by atoms with E-state index in [0.717, 1.165) is 62.4 Å². The molecule has 3 amide bonds. The first-order valence-corrected chi connectivity index (χ1v) is 14.2. The van der Waals surface area contributed by atoms with Crippen molar-refractivity contribution in [2.24, 2.45) is 0 Å². The van der Waals surface area contributed by atoms with Crippen molar-refractivity contribution >= 4 is 17.7 Å². The number of nitrogens with one attached hydrogen (secondary N) is 1. The van der Waals surface area contributed by atoms with Crippen LogP contribution in [0.1, 0.15) is 78.6 Å². The van der Waals surface area contributed by atoms with E-state index in [2.05, 4.69) is 48.3 Å². The van der Waals surface area contributed by atoms with Gasteiger partial charge in [0.15, 0.2) is 0 Å². The van der Waals surface area contributed by atoms with Gasteiger partial charge in [0.25, 0.3) is 5.91 Å². The zero-order valence-electron chi connectivity index (χ0n) is 22.7. The van der Waals surface area contributed by atoms with E-state index in [1.807, 2.05) is 6.07 Å². The van der Waals surface area contributed by atoms with Gasteiger partial charge in [-0.3, -0.25) is 24.6 Å². The summed E-state index contributed by atoms with van der Waals surface area (Å²) in [6.07, 6.45) is 4.69. The minimum Gasteiger partial charge on any atom is -0.492 e. The van der Waals surface area contributed by atoms with Gasteiger partial charge < -0.3 is 14.4 Å². The summed E-state index contributed by atoms with van der Waals surface area (Å²) in [5.41, 5.74) is 5.09. The molecule has 39 heavy (non-hydrogen) atoms. The zero-order chi connectivity index (χ0) is 26.9. The molecule has 5 aliphatic rings. The molecule has 8 heteroatoms. The number of fused-ring (bicyclic) bond motifs is 5. The number of imide groups is 1. The maximum absolute atomic E-state index is 13.2. The molecule has 1 atom stereocenters. The topological polar surface area (TPSA) is 88.2 Å².